The third kappa shape index (κ3) is 3.81. The molecule has 0 aliphatic rings. The number of hydrogen-bond donors (Lipinski definition) is 1. The number of aromatic nitrogens is 4. The van der Waals surface area contributed by atoms with Crippen molar-refractivity contribution >= 4 is 33.2 Å². The van der Waals surface area contributed by atoms with Gasteiger partial charge in [-0.1, -0.05) is 28.1 Å². The van der Waals surface area contributed by atoms with E-state index in [-0.39, 0.29) is 18.1 Å². The molecule has 4 rings (SSSR count). The van der Waals surface area contributed by atoms with Crippen LogP contribution in [-0.2, 0) is 11.3 Å². The summed E-state index contributed by atoms with van der Waals surface area (Å²) >= 11 is 3.44. The van der Waals surface area contributed by atoms with Crippen LogP contribution in [0.5, 0.6) is 0 Å². The fraction of sp³-hybridized carbons (Fsp3) is 0.143. The Balaban J connectivity index is 1.77. The molecule has 7 nitrogen and oxygen atoms in total. The maximum atomic E-state index is 13.1. The number of nitrogens with one attached hydrogen (secondary N) is 1. The van der Waals surface area contributed by atoms with Crippen molar-refractivity contribution in [2.45, 2.75) is 13.5 Å². The number of hydrogen-bond acceptors (Lipinski definition) is 5. The highest BCUT2D eigenvalue weighted by Crippen LogP contribution is 2.30. The Morgan fingerprint density at radius 2 is 1.83 bits per heavy atom. The SMILES string of the molecule is COCc1nn2c(C)c(C(=O)Nc3ccc(F)cc3)nnc2c1-c1ccc(Br)cc1. The second kappa shape index (κ2) is 8.29. The van der Waals surface area contributed by atoms with Crippen LogP contribution in [0.2, 0.25) is 0 Å². The molecule has 0 saturated heterocycles. The first kappa shape index (κ1) is 20.1. The van der Waals surface area contributed by atoms with Crippen LogP contribution in [0.4, 0.5) is 10.1 Å². The van der Waals surface area contributed by atoms with Crippen LogP contribution in [-0.4, -0.2) is 32.8 Å². The molecule has 2 aromatic heterocycles. The van der Waals surface area contributed by atoms with Gasteiger partial charge in [-0.15, -0.1) is 10.2 Å². The molecule has 0 aliphatic heterocycles. The summed E-state index contributed by atoms with van der Waals surface area (Å²) in [6.45, 7) is 2.03. The summed E-state index contributed by atoms with van der Waals surface area (Å²) in [7, 11) is 1.59. The lowest BCUT2D eigenvalue weighted by atomic mass is 10.1. The number of benzene rings is 2. The van der Waals surface area contributed by atoms with Crippen molar-refractivity contribution in [3.8, 4) is 11.1 Å². The van der Waals surface area contributed by atoms with Gasteiger partial charge in [0.2, 0.25) is 0 Å². The van der Waals surface area contributed by atoms with Crippen molar-refractivity contribution in [1.82, 2.24) is 19.8 Å². The second-order valence-corrected chi connectivity index (χ2v) is 7.51. The van der Waals surface area contributed by atoms with Crippen LogP contribution >= 0.6 is 15.9 Å². The fourth-order valence-electron chi connectivity index (χ4n) is 3.13. The quantitative estimate of drug-likeness (QED) is 0.468. The average Bonchev–Trinajstić information content (AvgIpc) is 3.10. The van der Waals surface area contributed by atoms with E-state index in [0.29, 0.717) is 22.7 Å². The first-order valence-corrected chi connectivity index (χ1v) is 9.84. The van der Waals surface area contributed by atoms with Gasteiger partial charge >= 0.3 is 0 Å². The number of amides is 1. The average molecular weight is 470 g/mol. The molecule has 9 heteroatoms. The topological polar surface area (TPSA) is 81.4 Å². The number of carbonyl (C=O) groups excluding carboxylic acids is 1. The first-order valence-electron chi connectivity index (χ1n) is 9.04. The van der Waals surface area contributed by atoms with Crippen LogP contribution in [0.15, 0.2) is 53.0 Å². The standard InChI is InChI=1S/C21H17BrFN5O2/c1-12-19(21(29)24-16-9-7-15(23)8-10-16)25-26-20-18(13-3-5-14(22)6-4-13)17(11-30-2)27-28(12)20/h3-10H,11H2,1-2H3,(H,24,29). The number of fused-ring (bicyclic) bond motifs is 1. The zero-order valence-electron chi connectivity index (χ0n) is 16.2. The number of rotatable bonds is 5. The zero-order chi connectivity index (χ0) is 21.3. The molecule has 0 radical (unpaired) electrons. The predicted octanol–water partition coefficient (Wildman–Crippen LogP) is 4.40. The lowest BCUT2D eigenvalue weighted by molar-refractivity contribution is 0.102. The molecule has 0 aliphatic carbocycles. The van der Waals surface area contributed by atoms with Crippen molar-refractivity contribution < 1.29 is 13.9 Å². The van der Waals surface area contributed by atoms with Gasteiger partial charge in [-0.2, -0.15) is 5.10 Å². The van der Waals surface area contributed by atoms with Crippen molar-refractivity contribution in [2.75, 3.05) is 12.4 Å². The molecule has 0 spiro atoms. The maximum Gasteiger partial charge on any atom is 0.278 e. The van der Waals surface area contributed by atoms with E-state index in [0.717, 1.165) is 15.6 Å². The van der Waals surface area contributed by atoms with Gasteiger partial charge in [0.05, 0.1) is 23.6 Å². The largest absolute Gasteiger partial charge is 0.378 e. The van der Waals surface area contributed by atoms with Crippen molar-refractivity contribution in [2.24, 2.45) is 0 Å². The molecule has 4 aromatic rings. The fourth-order valence-corrected chi connectivity index (χ4v) is 3.40. The number of anilines is 1. The summed E-state index contributed by atoms with van der Waals surface area (Å²) in [4.78, 5) is 12.7. The van der Waals surface area contributed by atoms with Gasteiger partial charge in [0.1, 0.15) is 5.82 Å². The summed E-state index contributed by atoms with van der Waals surface area (Å²) in [6.07, 6.45) is 0. The summed E-state index contributed by atoms with van der Waals surface area (Å²) in [6, 6.07) is 13.3. The Morgan fingerprint density at radius 1 is 1.13 bits per heavy atom. The van der Waals surface area contributed by atoms with Gasteiger partial charge in [0.15, 0.2) is 11.3 Å². The van der Waals surface area contributed by atoms with Crippen LogP contribution in [0.3, 0.4) is 0 Å². The normalized spacial score (nSPS) is 11.1. The summed E-state index contributed by atoms with van der Waals surface area (Å²) in [5.74, 6) is -0.837. The van der Waals surface area contributed by atoms with Crippen molar-refractivity contribution in [3.63, 3.8) is 0 Å². The molecule has 1 amide bonds. The molecule has 152 valence electrons. The molecular weight excluding hydrogens is 453 g/mol. The van der Waals surface area contributed by atoms with E-state index in [1.165, 1.54) is 24.3 Å². The maximum absolute atomic E-state index is 13.1. The molecule has 0 unspecified atom stereocenters. The Bertz CT molecular complexity index is 1220. The van der Waals surface area contributed by atoms with E-state index < -0.39 is 5.91 Å². The van der Waals surface area contributed by atoms with Gasteiger partial charge < -0.3 is 10.1 Å². The molecule has 0 atom stereocenters. The summed E-state index contributed by atoms with van der Waals surface area (Å²) in [5, 5.41) is 15.7. The highest BCUT2D eigenvalue weighted by molar-refractivity contribution is 9.10. The first-order chi connectivity index (χ1) is 14.5. The van der Waals surface area contributed by atoms with E-state index >= 15 is 0 Å². The van der Waals surface area contributed by atoms with Crippen LogP contribution in [0, 0.1) is 12.7 Å². The molecule has 2 aromatic carbocycles. The number of ether oxygens (including phenoxy) is 1. The Labute approximate surface area is 180 Å². The Hall–Kier alpha value is -3.17. The molecule has 0 bridgehead atoms. The third-order valence-corrected chi connectivity index (χ3v) is 5.10. The van der Waals surface area contributed by atoms with Crippen molar-refractivity contribution in [3.05, 3.63) is 75.9 Å². The monoisotopic (exact) mass is 469 g/mol. The number of aryl methyl sites for hydroxylation is 1. The number of methoxy groups -OCH3 is 1. The van der Waals surface area contributed by atoms with Crippen LogP contribution in [0.1, 0.15) is 21.9 Å². The Kier molecular flexibility index (Phi) is 5.56. The van der Waals surface area contributed by atoms with Crippen LogP contribution < -0.4 is 5.32 Å². The lowest BCUT2D eigenvalue weighted by Gasteiger charge is -2.08. The minimum atomic E-state index is -0.456. The summed E-state index contributed by atoms with van der Waals surface area (Å²) in [5.41, 5.74) is 4.04. The molecule has 0 saturated carbocycles. The number of carbonyl (C=O) groups is 1. The van der Waals surface area contributed by atoms with Gasteiger partial charge in [0.25, 0.3) is 5.91 Å². The summed E-state index contributed by atoms with van der Waals surface area (Å²) < 4.78 is 20.9. The van der Waals surface area contributed by atoms with Gasteiger partial charge in [-0.3, -0.25) is 4.79 Å². The van der Waals surface area contributed by atoms with E-state index in [4.69, 9.17) is 4.74 Å². The Morgan fingerprint density at radius 3 is 2.50 bits per heavy atom. The van der Waals surface area contributed by atoms with Gasteiger partial charge in [-0.25, -0.2) is 8.91 Å². The number of halogens is 2. The smallest absolute Gasteiger partial charge is 0.278 e. The lowest BCUT2D eigenvalue weighted by Crippen LogP contribution is -2.18. The molecule has 0 fully saturated rings. The second-order valence-electron chi connectivity index (χ2n) is 6.59. The molecule has 30 heavy (non-hydrogen) atoms. The minimum absolute atomic E-state index is 0.126. The van der Waals surface area contributed by atoms with Crippen molar-refractivity contribution in [1.29, 1.82) is 0 Å². The minimum Gasteiger partial charge on any atom is -0.378 e. The molecule has 1 N–H and O–H groups in total. The highest BCUT2D eigenvalue weighted by atomic mass is 79.9. The van der Waals surface area contributed by atoms with E-state index in [1.54, 1.807) is 18.5 Å². The van der Waals surface area contributed by atoms with E-state index in [1.807, 2.05) is 24.3 Å². The number of nitrogens with zero attached hydrogens (tertiary/aromatic N) is 4. The highest BCUT2D eigenvalue weighted by Gasteiger charge is 2.22. The zero-order valence-corrected chi connectivity index (χ0v) is 17.8. The van der Waals surface area contributed by atoms with E-state index in [9.17, 15) is 9.18 Å². The van der Waals surface area contributed by atoms with Crippen LogP contribution in [0.25, 0.3) is 16.8 Å². The predicted molar refractivity (Wildman–Crippen MR) is 114 cm³/mol. The van der Waals surface area contributed by atoms with Gasteiger partial charge in [-0.05, 0) is 48.9 Å². The molecule has 2 heterocycles. The molecular formula is C21H17BrFN5O2. The third-order valence-electron chi connectivity index (χ3n) is 4.57. The van der Waals surface area contributed by atoms with Gasteiger partial charge in [0, 0.05) is 17.3 Å². The van der Waals surface area contributed by atoms with E-state index in [2.05, 4.69) is 36.5 Å².